The van der Waals surface area contributed by atoms with Crippen molar-refractivity contribution in [3.05, 3.63) is 59.7 Å². The van der Waals surface area contributed by atoms with E-state index in [1.165, 1.54) is 12.1 Å². The topological polar surface area (TPSA) is 136 Å². The van der Waals surface area contributed by atoms with Gasteiger partial charge in [0.25, 0.3) is 0 Å². The molecule has 1 atom stereocenters. The van der Waals surface area contributed by atoms with Gasteiger partial charge in [0, 0.05) is 5.56 Å². The number of hydrazine groups is 1. The molecule has 134 valence electrons. The van der Waals surface area contributed by atoms with Crippen LogP contribution in [0.1, 0.15) is 11.3 Å². The Morgan fingerprint density at radius 3 is 2.64 bits per heavy atom. The summed E-state index contributed by atoms with van der Waals surface area (Å²) in [6, 6.07) is 9.39. The summed E-state index contributed by atoms with van der Waals surface area (Å²) in [6.07, 6.45) is 1.10. The molecule has 25 heavy (non-hydrogen) atoms. The Bertz CT molecular complexity index is 698. The van der Waals surface area contributed by atoms with E-state index in [2.05, 4.69) is 14.8 Å². The Morgan fingerprint density at radius 1 is 1.32 bits per heavy atom. The lowest BCUT2D eigenvalue weighted by Crippen LogP contribution is -2.29. The van der Waals surface area contributed by atoms with Crippen LogP contribution in [0.15, 0.2) is 52.6 Å². The van der Waals surface area contributed by atoms with Crippen LogP contribution in [0.5, 0.6) is 0 Å². The number of aromatic nitrogens is 1. The van der Waals surface area contributed by atoms with E-state index in [0.717, 1.165) is 11.3 Å². The molecule has 10 heteroatoms. The Balaban J connectivity index is 1.99. The summed E-state index contributed by atoms with van der Waals surface area (Å²) in [4.78, 5) is 4.43. The number of aliphatic hydroxyl groups excluding tert-OH is 1. The van der Waals surface area contributed by atoms with E-state index < -0.39 is 17.2 Å². The van der Waals surface area contributed by atoms with Gasteiger partial charge < -0.3 is 15.4 Å². The van der Waals surface area contributed by atoms with Gasteiger partial charge in [0.05, 0.1) is 42.9 Å². The molecule has 1 heterocycles. The predicted molar refractivity (Wildman–Crippen MR) is 92.6 cm³/mol. The molecule has 0 saturated heterocycles. The third-order valence-corrected chi connectivity index (χ3v) is 4.22. The zero-order chi connectivity index (χ0) is 18.2. The molecule has 0 amide bonds. The maximum atomic E-state index is 12.8. The van der Waals surface area contributed by atoms with Crippen LogP contribution in [0.4, 0.5) is 4.39 Å². The van der Waals surface area contributed by atoms with Crippen molar-refractivity contribution < 1.29 is 14.0 Å². The molecule has 1 aromatic carbocycles. The van der Waals surface area contributed by atoms with Gasteiger partial charge in [0.15, 0.2) is 10.7 Å². The molecule has 2 rings (SSSR count). The molecule has 0 aliphatic carbocycles. The smallest absolute Gasteiger partial charge is 0.173 e. The second kappa shape index (κ2) is 9.30. The van der Waals surface area contributed by atoms with Crippen molar-refractivity contribution in [2.24, 2.45) is 16.7 Å². The minimum atomic E-state index is -1.41. The van der Waals surface area contributed by atoms with Crippen molar-refractivity contribution in [2.45, 2.75) is 11.4 Å². The summed E-state index contributed by atoms with van der Waals surface area (Å²) in [6.45, 7) is 0.296. The maximum Gasteiger partial charge on any atom is 0.173 e. The summed E-state index contributed by atoms with van der Waals surface area (Å²) < 4.78 is 27.3. The zero-order valence-corrected chi connectivity index (χ0v) is 14.1. The number of aliphatic hydroxyl groups is 1. The van der Waals surface area contributed by atoms with Crippen molar-refractivity contribution in [2.75, 3.05) is 13.2 Å². The predicted octanol–water partition coefficient (Wildman–Crippen LogP) is -0.179. The number of hydrogen-bond donors (Lipinski definition) is 4. The summed E-state index contributed by atoms with van der Waals surface area (Å²) in [7, 11) is 0. The average molecular weight is 366 g/mol. The largest absolute Gasteiger partial charge is 0.593 e. The molecule has 1 aromatic heterocycles. The fourth-order valence-electron chi connectivity index (χ4n) is 1.87. The fourth-order valence-corrected chi connectivity index (χ4v) is 2.70. The van der Waals surface area contributed by atoms with E-state index in [0.29, 0.717) is 16.2 Å². The summed E-state index contributed by atoms with van der Waals surface area (Å²) >= 11 is -1.41. The number of pyridine rings is 1. The number of nitrogens with two attached hydrogens (primary N) is 2. The van der Waals surface area contributed by atoms with Gasteiger partial charge in [-0.15, -0.1) is 9.82 Å². The first-order chi connectivity index (χ1) is 12.0. The van der Waals surface area contributed by atoms with E-state index in [-0.39, 0.29) is 25.5 Å². The third kappa shape index (κ3) is 5.96. The molecule has 0 spiro atoms. The molecule has 0 saturated carbocycles. The van der Waals surface area contributed by atoms with Gasteiger partial charge in [0.2, 0.25) is 0 Å². The first-order valence-corrected chi connectivity index (χ1v) is 8.48. The highest BCUT2D eigenvalue weighted by Crippen LogP contribution is 2.10. The Morgan fingerprint density at radius 2 is 2.04 bits per heavy atom. The van der Waals surface area contributed by atoms with Crippen LogP contribution < -0.4 is 16.3 Å². The Hall–Kier alpha value is -2.24. The monoisotopic (exact) mass is 366 g/mol. The number of nitrogens with zero attached hydrogens (tertiary/aromatic N) is 3. The van der Waals surface area contributed by atoms with E-state index >= 15 is 0 Å². The second-order valence-electron chi connectivity index (χ2n) is 4.96. The average Bonchev–Trinajstić information content (AvgIpc) is 2.61. The number of hydrogen-bond acceptors (Lipinski definition) is 7. The first kappa shape index (κ1) is 19.1. The number of amidine groups is 1. The minimum Gasteiger partial charge on any atom is -0.593 e. The standard InChI is InChI=1S/C15H19FN6O2S/c16-12-3-4-13(19-9-12)10-22(18)21-15(17)11-1-5-14(6-2-11)25(24)20-7-8-23/h1-6,9,20,23H,7-8,10,18H2,(H2,17,21). The molecule has 0 radical (unpaired) electrons. The molecule has 0 aliphatic rings. The van der Waals surface area contributed by atoms with Crippen molar-refractivity contribution >= 4 is 17.2 Å². The SMILES string of the molecule is N/C(=N\N(N)Cc1ccc(F)cn1)c1ccc([S+]([O-])NCCO)cc1. The van der Waals surface area contributed by atoms with Crippen LogP contribution in [-0.2, 0) is 17.9 Å². The minimum absolute atomic E-state index is 0.0985. The molecular formula is C15H19FN6O2S. The van der Waals surface area contributed by atoms with Crippen molar-refractivity contribution in [3.63, 3.8) is 0 Å². The lowest BCUT2D eigenvalue weighted by Gasteiger charge is -2.13. The Kier molecular flexibility index (Phi) is 7.10. The molecule has 0 fully saturated rings. The van der Waals surface area contributed by atoms with E-state index in [9.17, 15) is 8.94 Å². The van der Waals surface area contributed by atoms with Crippen molar-refractivity contribution in [1.29, 1.82) is 0 Å². The number of hydrazone groups is 1. The maximum absolute atomic E-state index is 12.8. The molecule has 2 aromatic rings. The van der Waals surface area contributed by atoms with Crippen LogP contribution in [0.3, 0.4) is 0 Å². The van der Waals surface area contributed by atoms with Gasteiger partial charge in [0.1, 0.15) is 5.82 Å². The number of rotatable bonds is 8. The number of halogens is 1. The quantitative estimate of drug-likeness (QED) is 0.167. The van der Waals surface area contributed by atoms with Gasteiger partial charge in [-0.25, -0.2) is 15.4 Å². The molecular weight excluding hydrogens is 347 g/mol. The van der Waals surface area contributed by atoms with Gasteiger partial charge >= 0.3 is 0 Å². The van der Waals surface area contributed by atoms with Crippen LogP contribution >= 0.6 is 0 Å². The van der Waals surface area contributed by atoms with Crippen molar-refractivity contribution in [1.82, 2.24) is 14.8 Å². The van der Waals surface area contributed by atoms with Gasteiger partial charge in [-0.1, -0.05) is 0 Å². The van der Waals surface area contributed by atoms with Crippen LogP contribution in [-0.4, -0.2) is 38.7 Å². The lowest BCUT2D eigenvalue weighted by atomic mass is 10.2. The molecule has 8 nitrogen and oxygen atoms in total. The van der Waals surface area contributed by atoms with Gasteiger partial charge in [-0.3, -0.25) is 4.98 Å². The highest BCUT2D eigenvalue weighted by molar-refractivity contribution is 7.89. The highest BCUT2D eigenvalue weighted by Gasteiger charge is 2.11. The van der Waals surface area contributed by atoms with Gasteiger partial charge in [-0.05, 0) is 36.4 Å². The Labute approximate surface area is 147 Å². The van der Waals surface area contributed by atoms with Crippen molar-refractivity contribution in [3.8, 4) is 0 Å². The molecule has 1 unspecified atom stereocenters. The summed E-state index contributed by atoms with van der Waals surface area (Å²) in [5.41, 5.74) is 7.05. The highest BCUT2D eigenvalue weighted by atomic mass is 32.2. The first-order valence-electron chi connectivity index (χ1n) is 7.33. The number of nitrogens with one attached hydrogen (secondary N) is 1. The second-order valence-corrected chi connectivity index (χ2v) is 6.26. The van der Waals surface area contributed by atoms with Crippen LogP contribution in [0, 0.1) is 5.82 Å². The number of benzene rings is 1. The van der Waals surface area contributed by atoms with Gasteiger partial charge in [-0.2, -0.15) is 0 Å². The summed E-state index contributed by atoms with van der Waals surface area (Å²) in [5, 5.41) is 13.9. The zero-order valence-electron chi connectivity index (χ0n) is 13.3. The summed E-state index contributed by atoms with van der Waals surface area (Å²) in [5.74, 6) is 5.51. The normalized spacial score (nSPS) is 12.9. The van der Waals surface area contributed by atoms with E-state index in [4.69, 9.17) is 16.7 Å². The van der Waals surface area contributed by atoms with E-state index in [1.807, 2.05) is 0 Å². The molecule has 0 aliphatic heterocycles. The lowest BCUT2D eigenvalue weighted by molar-refractivity contribution is 0.286. The molecule has 0 bridgehead atoms. The third-order valence-electron chi connectivity index (χ3n) is 3.06. The van der Waals surface area contributed by atoms with Crippen LogP contribution in [0.25, 0.3) is 0 Å². The fraction of sp³-hybridized carbons (Fsp3) is 0.200. The van der Waals surface area contributed by atoms with Crippen LogP contribution in [0.2, 0.25) is 0 Å². The molecule has 6 N–H and O–H groups in total. The van der Waals surface area contributed by atoms with E-state index in [1.54, 1.807) is 24.3 Å².